The predicted octanol–water partition coefficient (Wildman–Crippen LogP) is 1.90. The zero-order chi connectivity index (χ0) is 9.84. The van der Waals surface area contributed by atoms with Gasteiger partial charge in [-0.05, 0) is 6.92 Å². The van der Waals surface area contributed by atoms with E-state index < -0.39 is 5.97 Å². The molecule has 0 spiro atoms. The van der Waals surface area contributed by atoms with Gasteiger partial charge < -0.3 is 9.58 Å². The van der Waals surface area contributed by atoms with E-state index in [0.717, 1.165) is 0 Å². The van der Waals surface area contributed by atoms with Crippen LogP contribution >= 0.6 is 15.9 Å². The molecule has 1 heterocycles. The van der Waals surface area contributed by atoms with Gasteiger partial charge in [0.1, 0.15) is 0 Å². The van der Waals surface area contributed by atoms with Crippen molar-refractivity contribution in [3.63, 3.8) is 0 Å². The SMILES string of the molecule is [C-]#[N+]c1[nH]c(Br)nc1C(=O)OCC. The Bertz CT molecular complexity index is 366. The van der Waals surface area contributed by atoms with E-state index in [1.807, 2.05) is 0 Å². The molecule has 0 aromatic carbocycles. The largest absolute Gasteiger partial charge is 0.462 e. The summed E-state index contributed by atoms with van der Waals surface area (Å²) in [7, 11) is 0. The molecular weight excluding hydrogens is 238 g/mol. The lowest BCUT2D eigenvalue weighted by Gasteiger charge is -1.97. The standard InChI is InChI=1S/C7H6BrN3O2/c1-3-13-6(12)4-5(9-2)11-7(8)10-4/h3H2,1H3,(H,10,11). The fraction of sp³-hybridized carbons (Fsp3) is 0.286. The third-order valence-corrected chi connectivity index (χ3v) is 1.61. The molecule has 0 amide bonds. The average molecular weight is 244 g/mol. The molecule has 0 saturated heterocycles. The van der Waals surface area contributed by atoms with Gasteiger partial charge in [0.15, 0.2) is 5.69 Å². The van der Waals surface area contributed by atoms with E-state index in [-0.39, 0.29) is 18.1 Å². The highest BCUT2D eigenvalue weighted by atomic mass is 79.9. The van der Waals surface area contributed by atoms with Crippen LogP contribution in [0.3, 0.4) is 0 Å². The van der Waals surface area contributed by atoms with Gasteiger partial charge in [-0.25, -0.2) is 9.78 Å². The number of aromatic amines is 1. The van der Waals surface area contributed by atoms with Crippen molar-refractivity contribution in [3.8, 4) is 0 Å². The first kappa shape index (κ1) is 9.74. The average Bonchev–Trinajstić information content (AvgIpc) is 2.47. The number of hydrogen-bond acceptors (Lipinski definition) is 3. The van der Waals surface area contributed by atoms with Crippen LogP contribution in [-0.2, 0) is 4.74 Å². The number of carbonyl (C=O) groups is 1. The summed E-state index contributed by atoms with van der Waals surface area (Å²) in [4.78, 5) is 20.6. The Morgan fingerprint density at radius 3 is 3.08 bits per heavy atom. The van der Waals surface area contributed by atoms with Gasteiger partial charge in [0, 0.05) is 15.9 Å². The lowest BCUT2D eigenvalue weighted by atomic mass is 10.4. The Labute approximate surface area is 83.1 Å². The fourth-order valence-electron chi connectivity index (χ4n) is 0.759. The summed E-state index contributed by atoms with van der Waals surface area (Å²) >= 11 is 3.03. The first-order valence-corrected chi connectivity index (χ1v) is 4.28. The van der Waals surface area contributed by atoms with E-state index >= 15 is 0 Å². The molecular formula is C7H6BrN3O2. The number of nitrogens with one attached hydrogen (secondary N) is 1. The molecule has 0 fully saturated rings. The minimum atomic E-state index is -0.588. The highest BCUT2D eigenvalue weighted by molar-refractivity contribution is 9.10. The summed E-state index contributed by atoms with van der Waals surface area (Å²) in [5, 5.41) is 0. The zero-order valence-corrected chi connectivity index (χ0v) is 8.38. The molecule has 1 rings (SSSR count). The molecule has 1 aromatic heterocycles. The van der Waals surface area contributed by atoms with Crippen molar-refractivity contribution in [1.29, 1.82) is 0 Å². The lowest BCUT2D eigenvalue weighted by Crippen LogP contribution is -2.04. The van der Waals surface area contributed by atoms with Crippen LogP contribution in [0.5, 0.6) is 0 Å². The molecule has 0 aliphatic carbocycles. The van der Waals surface area contributed by atoms with Crippen molar-refractivity contribution in [1.82, 2.24) is 9.97 Å². The number of aromatic nitrogens is 2. The molecule has 6 heteroatoms. The second-order valence-electron chi connectivity index (χ2n) is 2.06. The van der Waals surface area contributed by atoms with Gasteiger partial charge in [-0.1, -0.05) is 6.57 Å². The lowest BCUT2D eigenvalue weighted by molar-refractivity contribution is 0.0521. The molecule has 0 atom stereocenters. The summed E-state index contributed by atoms with van der Waals surface area (Å²) in [6.07, 6.45) is 0. The summed E-state index contributed by atoms with van der Waals surface area (Å²) < 4.78 is 5.05. The molecule has 68 valence electrons. The van der Waals surface area contributed by atoms with Crippen LogP contribution in [0.1, 0.15) is 17.4 Å². The predicted molar refractivity (Wildman–Crippen MR) is 48.5 cm³/mol. The number of rotatable bonds is 2. The van der Waals surface area contributed by atoms with E-state index in [0.29, 0.717) is 4.73 Å². The van der Waals surface area contributed by atoms with E-state index in [1.54, 1.807) is 6.92 Å². The van der Waals surface area contributed by atoms with E-state index in [9.17, 15) is 4.79 Å². The monoisotopic (exact) mass is 243 g/mol. The number of ether oxygens (including phenoxy) is 1. The summed E-state index contributed by atoms with van der Waals surface area (Å²) in [5.74, 6) is -0.499. The van der Waals surface area contributed by atoms with E-state index in [1.165, 1.54) is 0 Å². The van der Waals surface area contributed by atoms with Crippen molar-refractivity contribution >= 4 is 27.7 Å². The van der Waals surface area contributed by atoms with Crippen LogP contribution in [0.15, 0.2) is 4.73 Å². The third-order valence-electron chi connectivity index (χ3n) is 1.24. The number of esters is 1. The number of hydrogen-bond donors (Lipinski definition) is 1. The zero-order valence-electron chi connectivity index (χ0n) is 6.80. The summed E-state index contributed by atoms with van der Waals surface area (Å²) in [5.41, 5.74) is 0.0173. The third kappa shape index (κ3) is 2.06. The molecule has 13 heavy (non-hydrogen) atoms. The maximum atomic E-state index is 11.2. The van der Waals surface area contributed by atoms with Crippen LogP contribution in [0, 0.1) is 6.57 Å². The van der Waals surface area contributed by atoms with Crippen molar-refractivity contribution < 1.29 is 9.53 Å². The second-order valence-corrected chi connectivity index (χ2v) is 2.81. The molecule has 0 bridgehead atoms. The van der Waals surface area contributed by atoms with Crippen LogP contribution in [-0.4, -0.2) is 22.5 Å². The van der Waals surface area contributed by atoms with Gasteiger partial charge in [-0.15, -0.1) is 0 Å². The molecule has 0 aliphatic rings. The van der Waals surface area contributed by atoms with E-state index in [2.05, 4.69) is 30.7 Å². The Morgan fingerprint density at radius 2 is 2.54 bits per heavy atom. The number of carbonyl (C=O) groups excluding carboxylic acids is 1. The highest BCUT2D eigenvalue weighted by Gasteiger charge is 2.17. The molecule has 0 radical (unpaired) electrons. The van der Waals surface area contributed by atoms with Gasteiger partial charge in [0.25, 0.3) is 5.82 Å². The number of nitrogens with zero attached hydrogens (tertiary/aromatic N) is 2. The topological polar surface area (TPSA) is 59.3 Å². The molecule has 0 saturated carbocycles. The molecule has 0 aliphatic heterocycles. The Balaban J connectivity index is 3.00. The first-order valence-electron chi connectivity index (χ1n) is 3.49. The quantitative estimate of drug-likeness (QED) is 0.638. The normalized spacial score (nSPS) is 9.31. The Kier molecular flexibility index (Phi) is 3.03. The smallest absolute Gasteiger partial charge is 0.347 e. The van der Waals surface area contributed by atoms with Gasteiger partial charge in [0.05, 0.1) is 6.61 Å². The molecule has 1 N–H and O–H groups in total. The number of imidazole rings is 1. The maximum Gasteiger partial charge on any atom is 0.347 e. The highest BCUT2D eigenvalue weighted by Crippen LogP contribution is 2.19. The maximum absolute atomic E-state index is 11.2. The van der Waals surface area contributed by atoms with Gasteiger partial charge in [-0.2, -0.15) is 0 Å². The van der Waals surface area contributed by atoms with Gasteiger partial charge >= 0.3 is 5.97 Å². The van der Waals surface area contributed by atoms with Crippen molar-refractivity contribution in [2.24, 2.45) is 0 Å². The first-order chi connectivity index (χ1) is 6.19. The van der Waals surface area contributed by atoms with E-state index in [4.69, 9.17) is 11.3 Å². The second kappa shape index (κ2) is 4.05. The summed E-state index contributed by atoms with van der Waals surface area (Å²) in [6.45, 7) is 8.70. The van der Waals surface area contributed by atoms with Crippen molar-refractivity contribution in [3.05, 3.63) is 21.8 Å². The van der Waals surface area contributed by atoms with Crippen LogP contribution in [0.2, 0.25) is 0 Å². The Hall–Kier alpha value is -1.35. The van der Waals surface area contributed by atoms with Crippen LogP contribution in [0.25, 0.3) is 4.85 Å². The number of halogens is 1. The minimum absolute atomic E-state index is 0.0173. The number of H-pyrrole nitrogens is 1. The minimum Gasteiger partial charge on any atom is -0.462 e. The van der Waals surface area contributed by atoms with Gasteiger partial charge in [0.2, 0.25) is 4.73 Å². The molecule has 1 aromatic rings. The fourth-order valence-corrected chi connectivity index (χ4v) is 1.12. The van der Waals surface area contributed by atoms with Crippen LogP contribution < -0.4 is 0 Å². The van der Waals surface area contributed by atoms with Crippen molar-refractivity contribution in [2.45, 2.75) is 6.92 Å². The van der Waals surface area contributed by atoms with Crippen molar-refractivity contribution in [2.75, 3.05) is 6.61 Å². The summed E-state index contributed by atoms with van der Waals surface area (Å²) in [6, 6.07) is 0. The Morgan fingerprint density at radius 1 is 1.85 bits per heavy atom. The molecule has 0 unspecified atom stereocenters. The molecule has 5 nitrogen and oxygen atoms in total. The van der Waals surface area contributed by atoms with Gasteiger partial charge in [-0.3, -0.25) is 4.98 Å². The van der Waals surface area contributed by atoms with Crippen LogP contribution in [0.4, 0.5) is 5.82 Å².